The van der Waals surface area contributed by atoms with E-state index in [9.17, 15) is 0 Å². The molecule has 0 amide bonds. The number of rotatable bonds is 6. The Balaban J connectivity index is 1.96. The Bertz CT molecular complexity index is 781. The van der Waals surface area contributed by atoms with Gasteiger partial charge in [0.2, 0.25) is 0 Å². The minimum Gasteiger partial charge on any atom is -0.394 e. The molecular formula is C15H17IN4O2. The van der Waals surface area contributed by atoms with Crippen molar-refractivity contribution >= 4 is 33.5 Å². The van der Waals surface area contributed by atoms with E-state index in [1.807, 2.05) is 6.07 Å². The van der Waals surface area contributed by atoms with Gasteiger partial charge in [0.25, 0.3) is 0 Å². The maximum absolute atomic E-state index is 8.95. The molecule has 0 saturated carbocycles. The molecule has 0 radical (unpaired) electrons. The number of benzene rings is 1. The van der Waals surface area contributed by atoms with Gasteiger partial charge in [-0.3, -0.25) is 4.68 Å². The second-order valence-electron chi connectivity index (χ2n) is 4.95. The van der Waals surface area contributed by atoms with Gasteiger partial charge in [0.05, 0.1) is 19.8 Å². The van der Waals surface area contributed by atoms with Crippen LogP contribution in [0.25, 0.3) is 22.3 Å². The number of aliphatic hydroxyl groups is 1. The van der Waals surface area contributed by atoms with Crippen LogP contribution in [-0.4, -0.2) is 44.8 Å². The predicted octanol–water partition coefficient (Wildman–Crippen LogP) is 2.14. The topological polar surface area (TPSA) is 65.1 Å². The van der Waals surface area contributed by atoms with Gasteiger partial charge in [0.1, 0.15) is 6.33 Å². The molecule has 1 N–H and O–H groups in total. The third-order valence-corrected chi connectivity index (χ3v) is 4.35. The van der Waals surface area contributed by atoms with Crippen molar-refractivity contribution in [2.24, 2.45) is 0 Å². The Morgan fingerprint density at radius 2 is 2.18 bits per heavy atom. The number of hydrogen-bond donors (Lipinski definition) is 1. The first kappa shape index (κ1) is 15.4. The number of methoxy groups -OCH3 is 1. The van der Waals surface area contributed by atoms with E-state index in [-0.39, 0.29) is 6.61 Å². The van der Waals surface area contributed by atoms with Crippen LogP contribution in [0, 0.1) is 3.57 Å². The highest BCUT2D eigenvalue weighted by molar-refractivity contribution is 14.1. The summed E-state index contributed by atoms with van der Waals surface area (Å²) < 4.78 is 10.2. The first-order valence-corrected chi connectivity index (χ1v) is 8.09. The fraction of sp³-hybridized carbons (Fsp3) is 0.333. The lowest BCUT2D eigenvalue weighted by atomic mass is 10.1. The van der Waals surface area contributed by atoms with Crippen LogP contribution in [0.3, 0.4) is 0 Å². The summed E-state index contributed by atoms with van der Waals surface area (Å²) in [7, 11) is 1.71. The number of ether oxygens (including phenoxy) is 1. The Kier molecular flexibility index (Phi) is 4.74. The van der Waals surface area contributed by atoms with Crippen LogP contribution < -0.4 is 0 Å². The molecule has 0 fully saturated rings. The van der Waals surface area contributed by atoms with Gasteiger partial charge in [-0.1, -0.05) is 0 Å². The molecule has 22 heavy (non-hydrogen) atoms. The number of hydrogen-bond acceptors (Lipinski definition) is 4. The molecule has 0 spiro atoms. The van der Waals surface area contributed by atoms with Crippen molar-refractivity contribution in [2.45, 2.75) is 13.1 Å². The normalized spacial score (nSPS) is 11.4. The van der Waals surface area contributed by atoms with Crippen molar-refractivity contribution in [3.63, 3.8) is 0 Å². The standard InChI is InChI=1S/C15H17IN4O2/c1-22-7-5-19-9-13(16)12-8-11(2-3-14(12)19)15-17-10-20(18-15)4-6-21/h2-3,8-10,21H,4-7H2,1H3. The van der Waals surface area contributed by atoms with E-state index in [0.717, 1.165) is 12.1 Å². The Labute approximate surface area is 141 Å². The molecule has 0 saturated heterocycles. The molecule has 0 atom stereocenters. The maximum Gasteiger partial charge on any atom is 0.181 e. The average molecular weight is 412 g/mol. The lowest BCUT2D eigenvalue weighted by Crippen LogP contribution is -2.02. The number of halogens is 1. The highest BCUT2D eigenvalue weighted by atomic mass is 127. The fourth-order valence-corrected chi connectivity index (χ4v) is 3.17. The van der Waals surface area contributed by atoms with E-state index < -0.39 is 0 Å². The van der Waals surface area contributed by atoms with Gasteiger partial charge in [-0.25, -0.2) is 4.98 Å². The molecule has 2 heterocycles. The Hall–Kier alpha value is -1.45. The lowest BCUT2D eigenvalue weighted by Gasteiger charge is -2.04. The molecule has 7 heteroatoms. The van der Waals surface area contributed by atoms with E-state index >= 15 is 0 Å². The first-order valence-electron chi connectivity index (χ1n) is 7.01. The third kappa shape index (κ3) is 3.01. The second-order valence-corrected chi connectivity index (χ2v) is 6.11. The van der Waals surface area contributed by atoms with E-state index in [4.69, 9.17) is 9.84 Å². The van der Waals surface area contributed by atoms with Gasteiger partial charge in [-0.15, -0.1) is 0 Å². The summed E-state index contributed by atoms with van der Waals surface area (Å²) >= 11 is 2.34. The smallest absolute Gasteiger partial charge is 0.181 e. The van der Waals surface area contributed by atoms with Crippen molar-refractivity contribution in [3.05, 3.63) is 34.3 Å². The van der Waals surface area contributed by atoms with Gasteiger partial charge >= 0.3 is 0 Å². The van der Waals surface area contributed by atoms with Crippen LogP contribution in [0.4, 0.5) is 0 Å². The van der Waals surface area contributed by atoms with Crippen molar-refractivity contribution < 1.29 is 9.84 Å². The Morgan fingerprint density at radius 1 is 1.32 bits per heavy atom. The molecule has 2 aromatic heterocycles. The van der Waals surface area contributed by atoms with Crippen LogP contribution >= 0.6 is 22.6 Å². The van der Waals surface area contributed by atoms with Crippen molar-refractivity contribution in [1.29, 1.82) is 0 Å². The van der Waals surface area contributed by atoms with E-state index in [0.29, 0.717) is 19.0 Å². The van der Waals surface area contributed by atoms with Crippen LogP contribution in [-0.2, 0) is 17.8 Å². The molecule has 0 aliphatic carbocycles. The highest BCUT2D eigenvalue weighted by Gasteiger charge is 2.10. The molecule has 3 rings (SSSR count). The molecule has 0 aliphatic rings. The Morgan fingerprint density at radius 3 is 2.95 bits per heavy atom. The van der Waals surface area contributed by atoms with Gasteiger partial charge in [-0.2, -0.15) is 5.10 Å². The van der Waals surface area contributed by atoms with E-state index in [1.165, 1.54) is 14.5 Å². The zero-order valence-electron chi connectivity index (χ0n) is 12.2. The number of nitrogens with zero attached hydrogens (tertiary/aromatic N) is 4. The second kappa shape index (κ2) is 6.76. The predicted molar refractivity (Wildman–Crippen MR) is 92.6 cm³/mol. The molecule has 116 valence electrons. The summed E-state index contributed by atoms with van der Waals surface area (Å²) in [5, 5.41) is 14.5. The largest absolute Gasteiger partial charge is 0.394 e. The third-order valence-electron chi connectivity index (χ3n) is 3.49. The minimum absolute atomic E-state index is 0.0576. The van der Waals surface area contributed by atoms with Gasteiger partial charge in [0.15, 0.2) is 5.82 Å². The number of aromatic nitrogens is 4. The zero-order valence-corrected chi connectivity index (χ0v) is 14.4. The number of fused-ring (bicyclic) bond motifs is 1. The summed E-state index contributed by atoms with van der Waals surface area (Å²) in [6, 6.07) is 6.23. The van der Waals surface area contributed by atoms with Crippen LogP contribution in [0.5, 0.6) is 0 Å². The summed E-state index contributed by atoms with van der Waals surface area (Å²) in [4.78, 5) is 4.31. The summed E-state index contributed by atoms with van der Waals surface area (Å²) in [6.07, 6.45) is 3.77. The van der Waals surface area contributed by atoms with E-state index in [1.54, 1.807) is 18.1 Å². The molecule has 0 aliphatic heterocycles. The monoisotopic (exact) mass is 412 g/mol. The average Bonchev–Trinajstić information content (AvgIpc) is 3.11. The summed E-state index contributed by atoms with van der Waals surface area (Å²) in [5.41, 5.74) is 2.16. The first-order chi connectivity index (χ1) is 10.7. The van der Waals surface area contributed by atoms with Crippen LogP contribution in [0.15, 0.2) is 30.7 Å². The molecule has 0 bridgehead atoms. The van der Waals surface area contributed by atoms with E-state index in [2.05, 4.69) is 55.6 Å². The van der Waals surface area contributed by atoms with Crippen molar-refractivity contribution in [2.75, 3.05) is 20.3 Å². The van der Waals surface area contributed by atoms with Gasteiger partial charge < -0.3 is 14.4 Å². The van der Waals surface area contributed by atoms with Gasteiger partial charge in [0, 0.05) is 39.9 Å². The minimum atomic E-state index is 0.0576. The fourth-order valence-electron chi connectivity index (χ4n) is 2.40. The quantitative estimate of drug-likeness (QED) is 0.631. The van der Waals surface area contributed by atoms with Gasteiger partial charge in [-0.05, 0) is 40.8 Å². The van der Waals surface area contributed by atoms with Crippen molar-refractivity contribution in [3.8, 4) is 11.4 Å². The van der Waals surface area contributed by atoms with Crippen LogP contribution in [0.2, 0.25) is 0 Å². The SMILES string of the molecule is COCCn1cc(I)c2cc(-c3ncn(CCO)n3)ccc21. The highest BCUT2D eigenvalue weighted by Crippen LogP contribution is 2.27. The molecule has 6 nitrogen and oxygen atoms in total. The number of aliphatic hydroxyl groups excluding tert-OH is 1. The van der Waals surface area contributed by atoms with Crippen molar-refractivity contribution in [1.82, 2.24) is 19.3 Å². The molecule has 1 aromatic carbocycles. The summed E-state index contributed by atoms with van der Waals surface area (Å²) in [6.45, 7) is 2.04. The zero-order chi connectivity index (χ0) is 15.5. The maximum atomic E-state index is 8.95. The van der Waals surface area contributed by atoms with Crippen LogP contribution in [0.1, 0.15) is 0 Å². The lowest BCUT2D eigenvalue weighted by molar-refractivity contribution is 0.188. The summed E-state index contributed by atoms with van der Waals surface area (Å²) in [5.74, 6) is 0.677. The molecular weight excluding hydrogens is 395 g/mol. The molecule has 3 aromatic rings. The molecule has 0 unspecified atom stereocenters.